The average Bonchev–Trinajstić information content (AvgIpc) is 2.13. The molecule has 0 amide bonds. The highest BCUT2D eigenvalue weighted by atomic mass is 32.2. The molecule has 0 aromatic rings. The Hall–Kier alpha value is -0.270. The molecule has 1 saturated heterocycles. The highest BCUT2D eigenvalue weighted by molar-refractivity contribution is 7.87. The maximum atomic E-state index is 12.0. The van der Waals surface area contributed by atoms with E-state index in [2.05, 4.69) is 4.74 Å². The van der Waals surface area contributed by atoms with Crippen LogP contribution in [-0.2, 0) is 14.9 Å². The molecule has 1 fully saturated rings. The molecule has 1 aliphatic rings. The fourth-order valence-corrected chi connectivity index (χ4v) is 0.725. The van der Waals surface area contributed by atoms with Gasteiger partial charge in [-0.1, -0.05) is 0 Å². The van der Waals surface area contributed by atoms with Crippen LogP contribution in [0, 0.1) is 0 Å². The van der Waals surface area contributed by atoms with Crippen LogP contribution >= 0.6 is 0 Å². The third-order valence-electron chi connectivity index (χ3n) is 0.830. The molecule has 9 heavy (non-hydrogen) atoms. The summed E-state index contributed by atoms with van der Waals surface area (Å²) in [7, 11) is -5.04. The van der Waals surface area contributed by atoms with Crippen molar-refractivity contribution in [3.63, 3.8) is 0 Å². The van der Waals surface area contributed by atoms with E-state index in [1.165, 1.54) is 0 Å². The van der Waals surface area contributed by atoms with Crippen LogP contribution in [0.2, 0.25) is 0 Å². The van der Waals surface area contributed by atoms with Crippen molar-refractivity contribution in [3.8, 4) is 0 Å². The fourth-order valence-electron chi connectivity index (χ4n) is 0.285. The summed E-state index contributed by atoms with van der Waals surface area (Å²) < 4.78 is 54.1. The Morgan fingerprint density at radius 2 is 2.00 bits per heavy atom. The smallest absolute Gasteiger partial charge is 0.286 e. The summed E-state index contributed by atoms with van der Waals surface area (Å²) in [6.45, 7) is 0. The summed E-state index contributed by atoms with van der Waals surface area (Å²) >= 11 is 0. The zero-order chi connectivity index (χ0) is 7.28. The van der Waals surface area contributed by atoms with Crippen molar-refractivity contribution in [2.75, 3.05) is 0 Å². The van der Waals surface area contributed by atoms with Crippen molar-refractivity contribution in [2.45, 2.75) is 11.5 Å². The second kappa shape index (κ2) is 1.41. The van der Waals surface area contributed by atoms with Crippen molar-refractivity contribution < 1.29 is 26.5 Å². The van der Waals surface area contributed by atoms with Crippen LogP contribution in [0.1, 0.15) is 0 Å². The van der Waals surface area contributed by atoms with E-state index < -0.39 is 21.7 Å². The molecular weight excluding hydrogens is 158 g/mol. The molecule has 0 aromatic carbocycles. The highest BCUT2D eigenvalue weighted by Crippen LogP contribution is 2.43. The van der Waals surface area contributed by atoms with E-state index in [4.69, 9.17) is 4.55 Å². The van der Waals surface area contributed by atoms with E-state index in [9.17, 15) is 17.2 Å². The minimum absolute atomic E-state index is 2.55. The molecule has 2 unspecified atom stereocenters. The first-order chi connectivity index (χ1) is 3.88. The minimum Gasteiger partial charge on any atom is -0.286 e. The predicted molar refractivity (Wildman–Crippen MR) is 21.4 cm³/mol. The molecular formula is C2H2F2O4S. The molecule has 0 spiro atoms. The molecule has 0 bridgehead atoms. The van der Waals surface area contributed by atoms with Gasteiger partial charge in [0.1, 0.15) is 0 Å². The van der Waals surface area contributed by atoms with Crippen LogP contribution in [-0.4, -0.2) is 24.5 Å². The summed E-state index contributed by atoms with van der Waals surface area (Å²) in [4.78, 5) is 0. The van der Waals surface area contributed by atoms with Gasteiger partial charge in [-0.25, -0.2) is 4.39 Å². The van der Waals surface area contributed by atoms with E-state index in [1.807, 2.05) is 0 Å². The predicted octanol–water partition coefficient (Wildman–Crippen LogP) is -0.177. The van der Waals surface area contributed by atoms with E-state index in [0.29, 0.717) is 0 Å². The second-order valence-electron chi connectivity index (χ2n) is 1.49. The Kier molecular flexibility index (Phi) is 1.08. The fraction of sp³-hybridized carbons (Fsp3) is 1.00. The Balaban J connectivity index is 2.90. The van der Waals surface area contributed by atoms with Crippen molar-refractivity contribution >= 4 is 10.1 Å². The van der Waals surface area contributed by atoms with Crippen molar-refractivity contribution in [2.24, 2.45) is 0 Å². The van der Waals surface area contributed by atoms with Gasteiger partial charge >= 0.3 is 15.3 Å². The molecule has 4 nitrogen and oxygen atoms in total. The molecule has 1 rings (SSSR count). The van der Waals surface area contributed by atoms with Crippen LogP contribution in [0.4, 0.5) is 8.78 Å². The SMILES string of the molecule is O=S(=O)(O)C1(F)OC1F. The van der Waals surface area contributed by atoms with E-state index in [-0.39, 0.29) is 0 Å². The van der Waals surface area contributed by atoms with Crippen LogP contribution in [0.15, 0.2) is 0 Å². The third-order valence-corrected chi connectivity index (χ3v) is 1.81. The lowest BCUT2D eigenvalue weighted by atomic mass is 10.9. The molecule has 7 heteroatoms. The van der Waals surface area contributed by atoms with Crippen LogP contribution in [0.5, 0.6) is 0 Å². The van der Waals surface area contributed by atoms with Crippen LogP contribution < -0.4 is 0 Å². The number of rotatable bonds is 1. The second-order valence-corrected chi connectivity index (χ2v) is 3.00. The van der Waals surface area contributed by atoms with Gasteiger partial charge in [0.2, 0.25) is 0 Å². The van der Waals surface area contributed by atoms with Gasteiger partial charge in [0, 0.05) is 0 Å². The molecule has 1 aliphatic heterocycles. The number of halogens is 2. The monoisotopic (exact) mass is 160 g/mol. The lowest BCUT2D eigenvalue weighted by molar-refractivity contribution is 0.197. The Morgan fingerprint density at radius 3 is 2.00 bits per heavy atom. The summed E-state index contributed by atoms with van der Waals surface area (Å²) in [6.07, 6.45) is -2.55. The summed E-state index contributed by atoms with van der Waals surface area (Å²) in [5.74, 6) is 0. The van der Waals surface area contributed by atoms with Crippen molar-refractivity contribution in [3.05, 3.63) is 0 Å². The molecule has 0 aromatic heterocycles. The average molecular weight is 160 g/mol. The van der Waals surface area contributed by atoms with Gasteiger partial charge in [-0.15, -0.1) is 0 Å². The Morgan fingerprint density at radius 1 is 1.67 bits per heavy atom. The number of hydrogen-bond donors (Lipinski definition) is 1. The van der Waals surface area contributed by atoms with Crippen molar-refractivity contribution in [1.29, 1.82) is 0 Å². The zero-order valence-corrected chi connectivity index (χ0v) is 4.73. The van der Waals surface area contributed by atoms with Gasteiger partial charge in [0.15, 0.2) is 0 Å². The lowest BCUT2D eigenvalue weighted by Gasteiger charge is -1.91. The third kappa shape index (κ3) is 0.807. The van der Waals surface area contributed by atoms with Crippen LogP contribution in [0.25, 0.3) is 0 Å². The van der Waals surface area contributed by atoms with Crippen molar-refractivity contribution in [1.82, 2.24) is 0 Å². The Bertz CT molecular complexity index is 223. The molecule has 1 N–H and O–H groups in total. The normalized spacial score (nSPS) is 42.8. The van der Waals surface area contributed by atoms with E-state index in [1.54, 1.807) is 0 Å². The maximum Gasteiger partial charge on any atom is 0.394 e. The first kappa shape index (κ1) is 6.84. The summed E-state index contributed by atoms with van der Waals surface area (Å²) in [6, 6.07) is 0. The molecule has 54 valence electrons. The van der Waals surface area contributed by atoms with Gasteiger partial charge in [-0.2, -0.15) is 12.8 Å². The number of ether oxygens (including phenoxy) is 1. The number of alkyl halides is 2. The van der Waals surface area contributed by atoms with Gasteiger partial charge < -0.3 is 0 Å². The van der Waals surface area contributed by atoms with Gasteiger partial charge in [-0.3, -0.25) is 9.29 Å². The van der Waals surface area contributed by atoms with Gasteiger partial charge in [0.05, 0.1) is 0 Å². The Labute approximate surface area is 49.2 Å². The molecule has 0 radical (unpaired) electrons. The van der Waals surface area contributed by atoms with E-state index in [0.717, 1.165) is 0 Å². The number of epoxide rings is 1. The summed E-state index contributed by atoms with van der Waals surface area (Å²) in [5, 5.41) is -3.49. The molecule has 1 heterocycles. The topological polar surface area (TPSA) is 66.9 Å². The molecule has 0 saturated carbocycles. The first-order valence-corrected chi connectivity index (χ1v) is 3.30. The van der Waals surface area contributed by atoms with Gasteiger partial charge in [0.25, 0.3) is 6.36 Å². The maximum absolute atomic E-state index is 12.0. The molecule has 2 atom stereocenters. The highest BCUT2D eigenvalue weighted by Gasteiger charge is 2.70. The lowest BCUT2D eigenvalue weighted by Crippen LogP contribution is -2.19. The quantitative estimate of drug-likeness (QED) is 0.427. The largest absolute Gasteiger partial charge is 0.394 e. The number of hydrogen-bond acceptors (Lipinski definition) is 3. The minimum atomic E-state index is -5.04. The van der Waals surface area contributed by atoms with Gasteiger partial charge in [-0.05, 0) is 0 Å². The summed E-state index contributed by atoms with van der Waals surface area (Å²) in [5.41, 5.74) is 0. The molecule has 0 aliphatic carbocycles. The standard InChI is InChI=1S/C2H2F2O4S/c3-1-2(4,8-1)9(5,6)7/h1H,(H,5,6,7). The first-order valence-electron chi connectivity index (χ1n) is 1.86. The zero-order valence-electron chi connectivity index (χ0n) is 3.91. The van der Waals surface area contributed by atoms with E-state index >= 15 is 0 Å². The van der Waals surface area contributed by atoms with Crippen LogP contribution in [0.3, 0.4) is 0 Å².